The van der Waals surface area contributed by atoms with E-state index in [0.717, 1.165) is 12.1 Å². The minimum absolute atomic E-state index is 0.301. The molecule has 0 aromatic heterocycles. The van der Waals surface area contributed by atoms with E-state index in [1.165, 1.54) is 12.1 Å². The number of ketones is 1. The van der Waals surface area contributed by atoms with Gasteiger partial charge in [-0.1, -0.05) is 30.3 Å². The van der Waals surface area contributed by atoms with Crippen LogP contribution in [0.3, 0.4) is 0 Å². The van der Waals surface area contributed by atoms with E-state index in [0.29, 0.717) is 5.56 Å². The van der Waals surface area contributed by atoms with Gasteiger partial charge in [-0.3, -0.25) is 4.79 Å². The maximum atomic E-state index is 13.5. The Labute approximate surface area is 96.7 Å². The maximum Gasteiger partial charge on any atom is 0.196 e. The SMILES string of the molecule is Nc1cc(F)c(C(=O)c2ccccc2)cc1F. The Hall–Kier alpha value is -2.23. The summed E-state index contributed by atoms with van der Waals surface area (Å²) >= 11 is 0. The number of carbonyl (C=O) groups excluding carboxylic acids is 1. The fourth-order valence-corrected chi connectivity index (χ4v) is 1.48. The first kappa shape index (κ1) is 11.3. The lowest BCUT2D eigenvalue weighted by atomic mass is 10.0. The molecule has 0 unspecified atom stereocenters. The Morgan fingerprint density at radius 3 is 2.29 bits per heavy atom. The van der Waals surface area contributed by atoms with Gasteiger partial charge in [-0.05, 0) is 6.07 Å². The van der Waals surface area contributed by atoms with Crippen LogP contribution in [0.1, 0.15) is 15.9 Å². The van der Waals surface area contributed by atoms with E-state index >= 15 is 0 Å². The average Bonchev–Trinajstić information content (AvgIpc) is 2.34. The van der Waals surface area contributed by atoms with Gasteiger partial charge in [0.05, 0.1) is 11.3 Å². The van der Waals surface area contributed by atoms with Crippen molar-refractivity contribution in [3.05, 3.63) is 65.2 Å². The standard InChI is InChI=1S/C13H9F2NO/c14-10-7-12(16)11(15)6-9(10)13(17)8-4-2-1-3-5-8/h1-7H,16H2. The highest BCUT2D eigenvalue weighted by atomic mass is 19.1. The van der Waals surface area contributed by atoms with Gasteiger partial charge in [-0.25, -0.2) is 8.78 Å². The third-order valence-electron chi connectivity index (χ3n) is 2.37. The van der Waals surface area contributed by atoms with Crippen LogP contribution >= 0.6 is 0 Å². The molecule has 2 N–H and O–H groups in total. The second kappa shape index (κ2) is 4.33. The monoisotopic (exact) mass is 233 g/mol. The summed E-state index contributed by atoms with van der Waals surface area (Å²) in [5.41, 5.74) is 4.87. The Bertz CT molecular complexity index is 567. The van der Waals surface area contributed by atoms with Crippen molar-refractivity contribution in [2.75, 3.05) is 5.73 Å². The molecule has 0 radical (unpaired) electrons. The van der Waals surface area contributed by atoms with Crippen molar-refractivity contribution >= 4 is 11.5 Å². The summed E-state index contributed by atoms with van der Waals surface area (Å²) in [6.45, 7) is 0. The van der Waals surface area contributed by atoms with Gasteiger partial charge in [-0.2, -0.15) is 0 Å². The average molecular weight is 233 g/mol. The Kier molecular flexibility index (Phi) is 2.87. The molecule has 0 atom stereocenters. The molecule has 2 aromatic carbocycles. The highest BCUT2D eigenvalue weighted by molar-refractivity contribution is 6.09. The summed E-state index contributed by atoms with van der Waals surface area (Å²) in [4.78, 5) is 11.9. The summed E-state index contributed by atoms with van der Waals surface area (Å²) in [6.07, 6.45) is 0. The number of rotatable bonds is 2. The smallest absolute Gasteiger partial charge is 0.196 e. The summed E-state index contributed by atoms with van der Waals surface area (Å²) in [7, 11) is 0. The van der Waals surface area contributed by atoms with Crippen molar-refractivity contribution in [1.82, 2.24) is 0 Å². The molecule has 4 heteroatoms. The number of hydrogen-bond donors (Lipinski definition) is 1. The zero-order valence-corrected chi connectivity index (χ0v) is 8.78. The van der Waals surface area contributed by atoms with Crippen molar-refractivity contribution in [2.45, 2.75) is 0 Å². The third-order valence-corrected chi connectivity index (χ3v) is 2.37. The van der Waals surface area contributed by atoms with Crippen LogP contribution in [0, 0.1) is 11.6 Å². The normalized spacial score (nSPS) is 10.2. The largest absolute Gasteiger partial charge is 0.396 e. The number of nitrogen functional groups attached to an aromatic ring is 1. The van der Waals surface area contributed by atoms with E-state index in [1.807, 2.05) is 0 Å². The fourth-order valence-electron chi connectivity index (χ4n) is 1.48. The fraction of sp³-hybridized carbons (Fsp3) is 0. The Balaban J connectivity index is 2.48. The van der Waals surface area contributed by atoms with Gasteiger partial charge in [0, 0.05) is 11.6 Å². The van der Waals surface area contributed by atoms with Gasteiger partial charge in [0.15, 0.2) is 5.78 Å². The van der Waals surface area contributed by atoms with Crippen LogP contribution < -0.4 is 5.73 Å². The first-order chi connectivity index (χ1) is 8.09. The molecule has 86 valence electrons. The van der Waals surface area contributed by atoms with Gasteiger partial charge in [0.1, 0.15) is 11.6 Å². The lowest BCUT2D eigenvalue weighted by Gasteiger charge is -2.04. The van der Waals surface area contributed by atoms with Crippen LogP contribution in [-0.4, -0.2) is 5.78 Å². The topological polar surface area (TPSA) is 43.1 Å². The molecule has 0 spiro atoms. The second-order valence-electron chi connectivity index (χ2n) is 3.55. The molecule has 0 amide bonds. The molecule has 2 aromatic rings. The maximum absolute atomic E-state index is 13.5. The van der Waals surface area contributed by atoms with Gasteiger partial charge in [-0.15, -0.1) is 0 Å². The molecular formula is C13H9F2NO. The van der Waals surface area contributed by atoms with Gasteiger partial charge in [0.2, 0.25) is 0 Å². The van der Waals surface area contributed by atoms with Crippen LogP contribution in [0.4, 0.5) is 14.5 Å². The molecule has 0 saturated carbocycles. The summed E-state index contributed by atoms with van der Waals surface area (Å²) < 4.78 is 26.7. The van der Waals surface area contributed by atoms with E-state index in [-0.39, 0.29) is 11.3 Å². The zero-order valence-electron chi connectivity index (χ0n) is 8.78. The minimum atomic E-state index is -0.822. The number of anilines is 1. The predicted octanol–water partition coefficient (Wildman–Crippen LogP) is 2.78. The summed E-state index contributed by atoms with van der Waals surface area (Å²) in [6, 6.07) is 9.74. The molecule has 0 saturated heterocycles. The Morgan fingerprint density at radius 1 is 1.00 bits per heavy atom. The molecular weight excluding hydrogens is 224 g/mol. The predicted molar refractivity (Wildman–Crippen MR) is 60.6 cm³/mol. The molecule has 0 heterocycles. The van der Waals surface area contributed by atoms with Crippen molar-refractivity contribution in [2.24, 2.45) is 0 Å². The van der Waals surface area contributed by atoms with Crippen LogP contribution in [0.25, 0.3) is 0 Å². The number of benzene rings is 2. The highest BCUT2D eigenvalue weighted by Crippen LogP contribution is 2.19. The van der Waals surface area contributed by atoms with E-state index in [2.05, 4.69) is 0 Å². The van der Waals surface area contributed by atoms with Crippen LogP contribution in [0.2, 0.25) is 0 Å². The van der Waals surface area contributed by atoms with Crippen molar-refractivity contribution < 1.29 is 13.6 Å². The number of halogens is 2. The van der Waals surface area contributed by atoms with Crippen molar-refractivity contribution in [3.8, 4) is 0 Å². The van der Waals surface area contributed by atoms with Gasteiger partial charge >= 0.3 is 0 Å². The first-order valence-corrected chi connectivity index (χ1v) is 4.94. The quantitative estimate of drug-likeness (QED) is 0.640. The van der Waals surface area contributed by atoms with Gasteiger partial charge < -0.3 is 5.73 Å². The molecule has 0 aliphatic rings. The number of hydrogen-bond acceptors (Lipinski definition) is 2. The van der Waals surface area contributed by atoms with E-state index in [1.54, 1.807) is 18.2 Å². The molecule has 0 aliphatic carbocycles. The number of nitrogens with two attached hydrogens (primary N) is 1. The lowest BCUT2D eigenvalue weighted by molar-refractivity contribution is 0.103. The van der Waals surface area contributed by atoms with Crippen LogP contribution in [0.15, 0.2) is 42.5 Å². The molecule has 2 rings (SSSR count). The zero-order chi connectivity index (χ0) is 12.4. The summed E-state index contributed by atoms with van der Waals surface area (Å²) in [5.74, 6) is -2.19. The Morgan fingerprint density at radius 2 is 1.65 bits per heavy atom. The molecule has 0 aliphatic heterocycles. The van der Waals surface area contributed by atoms with Crippen molar-refractivity contribution in [1.29, 1.82) is 0 Å². The number of carbonyl (C=O) groups is 1. The van der Waals surface area contributed by atoms with Crippen molar-refractivity contribution in [3.63, 3.8) is 0 Å². The van der Waals surface area contributed by atoms with E-state index in [4.69, 9.17) is 5.73 Å². The van der Waals surface area contributed by atoms with E-state index < -0.39 is 17.4 Å². The first-order valence-electron chi connectivity index (χ1n) is 4.94. The molecule has 2 nitrogen and oxygen atoms in total. The minimum Gasteiger partial charge on any atom is -0.396 e. The summed E-state index contributed by atoms with van der Waals surface area (Å²) in [5, 5.41) is 0. The molecule has 0 bridgehead atoms. The molecule has 17 heavy (non-hydrogen) atoms. The lowest BCUT2D eigenvalue weighted by Crippen LogP contribution is -2.06. The van der Waals surface area contributed by atoms with Gasteiger partial charge in [0.25, 0.3) is 0 Å². The van der Waals surface area contributed by atoms with Crippen LogP contribution in [-0.2, 0) is 0 Å². The van der Waals surface area contributed by atoms with Crippen LogP contribution in [0.5, 0.6) is 0 Å². The second-order valence-corrected chi connectivity index (χ2v) is 3.55. The molecule has 0 fully saturated rings. The highest BCUT2D eigenvalue weighted by Gasteiger charge is 2.16. The van der Waals surface area contributed by atoms with E-state index in [9.17, 15) is 13.6 Å². The third kappa shape index (κ3) is 2.15.